The molecule has 0 aliphatic rings. The number of aromatic nitrogens is 2. The smallest absolute Gasteiger partial charge is 0.0838 e. The number of aliphatic hydroxyl groups is 1. The van der Waals surface area contributed by atoms with Crippen molar-refractivity contribution in [3.05, 3.63) is 63.2 Å². The molecular formula is C21H25ClN2OS2. The first-order valence-electron chi connectivity index (χ1n) is 9.05. The first-order valence-corrected chi connectivity index (χ1v) is 11.3. The van der Waals surface area contributed by atoms with Gasteiger partial charge in [0.15, 0.2) is 0 Å². The SMILES string of the molecule is Cc1c(CO)c(CC(C)C)c(Sc2cccc(CCl)c2)n1Cc1cscn1. The summed E-state index contributed by atoms with van der Waals surface area (Å²) in [6.45, 7) is 7.32. The summed E-state index contributed by atoms with van der Waals surface area (Å²) in [7, 11) is 0. The summed E-state index contributed by atoms with van der Waals surface area (Å²) >= 11 is 9.39. The quantitative estimate of drug-likeness (QED) is 0.462. The number of rotatable bonds is 8. The zero-order valence-corrected chi connectivity index (χ0v) is 18.3. The first kappa shape index (κ1) is 20.5. The third-order valence-corrected chi connectivity index (χ3v) is 6.64. The number of aliphatic hydroxyl groups excluding tert-OH is 1. The zero-order valence-electron chi connectivity index (χ0n) is 15.9. The molecule has 3 nitrogen and oxygen atoms in total. The van der Waals surface area contributed by atoms with Gasteiger partial charge in [-0.15, -0.1) is 22.9 Å². The van der Waals surface area contributed by atoms with Gasteiger partial charge in [0, 0.05) is 27.4 Å². The first-order chi connectivity index (χ1) is 13.0. The Balaban J connectivity index is 2.08. The fraction of sp³-hybridized carbons (Fsp3) is 0.381. The maximum Gasteiger partial charge on any atom is 0.0838 e. The van der Waals surface area contributed by atoms with E-state index >= 15 is 0 Å². The Bertz CT molecular complexity index is 888. The predicted molar refractivity (Wildman–Crippen MR) is 115 cm³/mol. The second kappa shape index (κ2) is 9.28. The highest BCUT2D eigenvalue weighted by Crippen LogP contribution is 2.38. The van der Waals surface area contributed by atoms with Crippen LogP contribution in [0.4, 0.5) is 0 Å². The van der Waals surface area contributed by atoms with Gasteiger partial charge >= 0.3 is 0 Å². The Labute approximate surface area is 174 Å². The molecule has 144 valence electrons. The molecule has 0 atom stereocenters. The second-order valence-electron chi connectivity index (χ2n) is 7.05. The molecule has 3 aromatic rings. The summed E-state index contributed by atoms with van der Waals surface area (Å²) in [6, 6.07) is 8.36. The largest absolute Gasteiger partial charge is 0.392 e. The van der Waals surface area contributed by atoms with E-state index in [9.17, 15) is 5.11 Å². The van der Waals surface area contributed by atoms with E-state index in [4.69, 9.17) is 11.6 Å². The standard InChI is InChI=1S/C21H25ClN2OS2/c1-14(2)7-19-20(11-25)15(3)24(10-17-12-26-13-23-17)21(19)27-18-6-4-5-16(8-18)9-22/h4-6,8,12-14,25H,7,9-11H2,1-3H3. The molecule has 0 fully saturated rings. The van der Waals surface area contributed by atoms with Gasteiger partial charge in [-0.05, 0) is 42.5 Å². The number of nitrogens with zero attached hydrogens (tertiary/aromatic N) is 2. The lowest BCUT2D eigenvalue weighted by molar-refractivity contribution is 0.279. The number of thiazole rings is 1. The van der Waals surface area contributed by atoms with Crippen LogP contribution in [0.3, 0.4) is 0 Å². The van der Waals surface area contributed by atoms with Crippen molar-refractivity contribution >= 4 is 34.7 Å². The minimum Gasteiger partial charge on any atom is -0.392 e. The van der Waals surface area contributed by atoms with Crippen molar-refractivity contribution in [2.75, 3.05) is 0 Å². The highest BCUT2D eigenvalue weighted by Gasteiger charge is 2.22. The molecule has 0 aliphatic heterocycles. The van der Waals surface area contributed by atoms with E-state index in [1.54, 1.807) is 23.1 Å². The molecular weight excluding hydrogens is 396 g/mol. The maximum absolute atomic E-state index is 10.1. The molecule has 0 spiro atoms. The van der Waals surface area contributed by atoms with Crippen molar-refractivity contribution in [3.8, 4) is 0 Å². The van der Waals surface area contributed by atoms with Crippen LogP contribution in [-0.4, -0.2) is 14.7 Å². The summed E-state index contributed by atoms with van der Waals surface area (Å²) < 4.78 is 2.30. The molecule has 0 amide bonds. The molecule has 0 bridgehead atoms. The van der Waals surface area contributed by atoms with Crippen molar-refractivity contribution in [2.24, 2.45) is 5.92 Å². The van der Waals surface area contributed by atoms with Crippen LogP contribution in [-0.2, 0) is 25.5 Å². The van der Waals surface area contributed by atoms with Crippen LogP contribution < -0.4 is 0 Å². The average Bonchev–Trinajstić information content (AvgIpc) is 3.24. The molecule has 0 radical (unpaired) electrons. The summed E-state index contributed by atoms with van der Waals surface area (Å²) in [6.07, 6.45) is 0.943. The van der Waals surface area contributed by atoms with E-state index in [0.717, 1.165) is 35.5 Å². The maximum atomic E-state index is 10.1. The Morgan fingerprint density at radius 3 is 2.74 bits per heavy atom. The van der Waals surface area contributed by atoms with E-state index in [2.05, 4.69) is 53.9 Å². The van der Waals surface area contributed by atoms with Gasteiger partial charge in [0.05, 0.1) is 29.4 Å². The zero-order chi connectivity index (χ0) is 19.4. The monoisotopic (exact) mass is 420 g/mol. The van der Waals surface area contributed by atoms with Crippen molar-refractivity contribution in [2.45, 2.75) is 56.1 Å². The Morgan fingerprint density at radius 1 is 1.30 bits per heavy atom. The molecule has 2 heterocycles. The topological polar surface area (TPSA) is 38.0 Å². The highest BCUT2D eigenvalue weighted by molar-refractivity contribution is 7.99. The van der Waals surface area contributed by atoms with Crippen molar-refractivity contribution in [1.82, 2.24) is 9.55 Å². The Morgan fingerprint density at radius 2 is 2.11 bits per heavy atom. The van der Waals surface area contributed by atoms with Gasteiger partial charge in [0.2, 0.25) is 0 Å². The summed E-state index contributed by atoms with van der Waals surface area (Å²) in [4.78, 5) is 5.63. The van der Waals surface area contributed by atoms with Crippen LogP contribution in [0.15, 0.2) is 45.1 Å². The normalized spacial score (nSPS) is 11.5. The fourth-order valence-corrected chi connectivity index (χ4v) is 5.18. The number of alkyl halides is 1. The molecule has 2 aromatic heterocycles. The second-order valence-corrected chi connectivity index (χ2v) is 9.10. The molecule has 1 N–H and O–H groups in total. The predicted octanol–water partition coefficient (Wildman–Crippen LogP) is 5.88. The lowest BCUT2D eigenvalue weighted by atomic mass is 10.0. The summed E-state index contributed by atoms with van der Waals surface area (Å²) in [5.74, 6) is 1.02. The highest BCUT2D eigenvalue weighted by atomic mass is 35.5. The summed E-state index contributed by atoms with van der Waals surface area (Å²) in [5, 5.41) is 13.4. The summed E-state index contributed by atoms with van der Waals surface area (Å²) in [5.41, 5.74) is 7.46. The van der Waals surface area contributed by atoms with Crippen molar-refractivity contribution < 1.29 is 5.11 Å². The minimum absolute atomic E-state index is 0.0627. The van der Waals surface area contributed by atoms with Gasteiger partial charge in [0.1, 0.15) is 0 Å². The van der Waals surface area contributed by atoms with E-state index in [1.807, 2.05) is 11.6 Å². The van der Waals surface area contributed by atoms with Crippen LogP contribution in [0.2, 0.25) is 0 Å². The van der Waals surface area contributed by atoms with Crippen molar-refractivity contribution in [1.29, 1.82) is 0 Å². The number of hydrogen-bond acceptors (Lipinski definition) is 4. The van der Waals surface area contributed by atoms with Gasteiger partial charge in [-0.3, -0.25) is 0 Å². The van der Waals surface area contributed by atoms with Crippen molar-refractivity contribution in [3.63, 3.8) is 0 Å². The fourth-order valence-electron chi connectivity index (χ4n) is 3.24. The lowest BCUT2D eigenvalue weighted by Crippen LogP contribution is -2.05. The van der Waals surface area contributed by atoms with Crippen LogP contribution in [0, 0.1) is 12.8 Å². The van der Waals surface area contributed by atoms with Crippen LogP contribution >= 0.6 is 34.7 Å². The number of hydrogen-bond donors (Lipinski definition) is 1. The molecule has 3 rings (SSSR count). The number of benzene rings is 1. The molecule has 0 saturated carbocycles. The minimum atomic E-state index is 0.0627. The average molecular weight is 421 g/mol. The van der Waals surface area contributed by atoms with E-state index < -0.39 is 0 Å². The van der Waals surface area contributed by atoms with E-state index in [0.29, 0.717) is 11.8 Å². The van der Waals surface area contributed by atoms with Gasteiger partial charge in [-0.1, -0.05) is 37.7 Å². The lowest BCUT2D eigenvalue weighted by Gasteiger charge is -2.13. The Hall–Kier alpha value is -1.27. The van der Waals surface area contributed by atoms with Crippen LogP contribution in [0.5, 0.6) is 0 Å². The molecule has 0 saturated heterocycles. The number of halogens is 1. The molecule has 27 heavy (non-hydrogen) atoms. The van der Waals surface area contributed by atoms with Gasteiger partial charge in [0.25, 0.3) is 0 Å². The van der Waals surface area contributed by atoms with E-state index in [-0.39, 0.29) is 6.61 Å². The van der Waals surface area contributed by atoms with Crippen LogP contribution in [0.25, 0.3) is 0 Å². The van der Waals surface area contributed by atoms with Gasteiger partial charge in [-0.25, -0.2) is 4.98 Å². The molecule has 6 heteroatoms. The Kier molecular flexibility index (Phi) is 7.04. The third-order valence-electron chi connectivity index (χ3n) is 4.55. The van der Waals surface area contributed by atoms with Gasteiger partial charge in [-0.2, -0.15) is 0 Å². The third kappa shape index (κ3) is 4.77. The molecule has 1 aromatic carbocycles. The van der Waals surface area contributed by atoms with Crippen LogP contribution in [0.1, 0.15) is 41.9 Å². The van der Waals surface area contributed by atoms with E-state index in [1.165, 1.54) is 15.5 Å². The molecule has 0 unspecified atom stereocenters. The van der Waals surface area contributed by atoms with Gasteiger partial charge < -0.3 is 9.67 Å². The molecule has 0 aliphatic carbocycles.